The van der Waals surface area contributed by atoms with E-state index >= 15 is 0 Å². The molecule has 1 aromatic carbocycles. The Bertz CT molecular complexity index is 408. The molecule has 0 saturated heterocycles. The summed E-state index contributed by atoms with van der Waals surface area (Å²) in [7, 11) is 1.75. The predicted octanol–water partition coefficient (Wildman–Crippen LogP) is 4.81. The molecule has 114 valence electrons. The van der Waals surface area contributed by atoms with Gasteiger partial charge in [0.1, 0.15) is 5.75 Å². The molecule has 0 saturated carbocycles. The van der Waals surface area contributed by atoms with E-state index in [4.69, 9.17) is 4.74 Å². The minimum Gasteiger partial charge on any atom is -0.496 e. The van der Waals surface area contributed by atoms with Crippen molar-refractivity contribution >= 4 is 15.9 Å². The molecular weight excluding hydrogens is 314 g/mol. The van der Waals surface area contributed by atoms with Crippen LogP contribution in [0.2, 0.25) is 0 Å². The topological polar surface area (TPSA) is 21.3 Å². The standard InChI is InChI=1S/C17H28BrNO/c1-5-9-17(3,13-19-10-6-2)12-14-11-15(18)7-8-16(14)20-4/h7-8,11,19H,5-6,9-10,12-13H2,1-4H3. The van der Waals surface area contributed by atoms with Crippen molar-refractivity contribution in [2.24, 2.45) is 5.41 Å². The maximum Gasteiger partial charge on any atom is 0.122 e. The zero-order valence-electron chi connectivity index (χ0n) is 13.3. The largest absolute Gasteiger partial charge is 0.496 e. The van der Waals surface area contributed by atoms with Crippen molar-refractivity contribution in [1.29, 1.82) is 0 Å². The molecule has 0 aliphatic rings. The SMILES string of the molecule is CCCNCC(C)(CCC)Cc1cc(Br)ccc1OC. The molecule has 0 aliphatic carbocycles. The molecule has 1 rings (SSSR count). The first-order valence-corrected chi connectivity index (χ1v) is 8.37. The summed E-state index contributed by atoms with van der Waals surface area (Å²) < 4.78 is 6.63. The Morgan fingerprint density at radius 3 is 2.60 bits per heavy atom. The van der Waals surface area contributed by atoms with Crippen LogP contribution in [-0.4, -0.2) is 20.2 Å². The lowest BCUT2D eigenvalue weighted by molar-refractivity contribution is 0.271. The van der Waals surface area contributed by atoms with Crippen LogP contribution in [0.4, 0.5) is 0 Å². The molecule has 0 radical (unpaired) electrons. The van der Waals surface area contributed by atoms with E-state index in [2.05, 4.69) is 48.1 Å². The summed E-state index contributed by atoms with van der Waals surface area (Å²) in [5.74, 6) is 0.992. The third-order valence-electron chi connectivity index (χ3n) is 3.69. The van der Waals surface area contributed by atoms with E-state index in [1.807, 2.05) is 12.1 Å². The van der Waals surface area contributed by atoms with Gasteiger partial charge >= 0.3 is 0 Å². The second-order valence-corrected chi connectivity index (χ2v) is 6.79. The summed E-state index contributed by atoms with van der Waals surface area (Å²) in [5.41, 5.74) is 1.56. The van der Waals surface area contributed by atoms with Gasteiger partial charge in [-0.2, -0.15) is 0 Å². The van der Waals surface area contributed by atoms with Crippen LogP contribution in [0.25, 0.3) is 0 Å². The average molecular weight is 342 g/mol. The van der Waals surface area contributed by atoms with E-state index in [0.717, 1.165) is 29.7 Å². The van der Waals surface area contributed by atoms with Crippen LogP contribution in [0.3, 0.4) is 0 Å². The maximum atomic E-state index is 5.51. The van der Waals surface area contributed by atoms with Gasteiger partial charge in [-0.15, -0.1) is 0 Å². The molecule has 20 heavy (non-hydrogen) atoms. The summed E-state index contributed by atoms with van der Waals surface area (Å²) >= 11 is 3.56. The fourth-order valence-corrected chi connectivity index (χ4v) is 3.16. The minimum atomic E-state index is 0.276. The summed E-state index contributed by atoms with van der Waals surface area (Å²) in [5, 5.41) is 3.58. The third kappa shape index (κ3) is 5.45. The lowest BCUT2D eigenvalue weighted by Gasteiger charge is -2.30. The van der Waals surface area contributed by atoms with Gasteiger partial charge in [0.25, 0.3) is 0 Å². The highest BCUT2D eigenvalue weighted by Crippen LogP contribution is 2.33. The number of hydrogen-bond donors (Lipinski definition) is 1. The molecule has 0 aliphatic heterocycles. The van der Waals surface area contributed by atoms with Crippen LogP contribution in [0.15, 0.2) is 22.7 Å². The molecule has 1 unspecified atom stereocenters. The van der Waals surface area contributed by atoms with E-state index in [0.29, 0.717) is 0 Å². The summed E-state index contributed by atoms with van der Waals surface area (Å²) in [6.07, 6.45) is 4.66. The molecule has 0 fully saturated rings. The summed E-state index contributed by atoms with van der Waals surface area (Å²) in [4.78, 5) is 0. The zero-order valence-corrected chi connectivity index (χ0v) is 14.8. The van der Waals surface area contributed by atoms with Crippen LogP contribution in [0, 0.1) is 5.41 Å². The predicted molar refractivity (Wildman–Crippen MR) is 90.6 cm³/mol. The number of nitrogens with one attached hydrogen (secondary N) is 1. The van der Waals surface area contributed by atoms with Gasteiger partial charge in [-0.1, -0.05) is 43.1 Å². The highest BCUT2D eigenvalue weighted by atomic mass is 79.9. The van der Waals surface area contributed by atoms with Crippen molar-refractivity contribution in [1.82, 2.24) is 5.32 Å². The molecule has 1 N–H and O–H groups in total. The van der Waals surface area contributed by atoms with Gasteiger partial charge in [0.15, 0.2) is 0 Å². The highest BCUT2D eigenvalue weighted by molar-refractivity contribution is 9.10. The van der Waals surface area contributed by atoms with Gasteiger partial charge < -0.3 is 10.1 Å². The Kier molecular flexibility index (Phi) is 7.60. The summed E-state index contributed by atoms with van der Waals surface area (Å²) in [6.45, 7) is 9.00. The maximum absolute atomic E-state index is 5.51. The van der Waals surface area contributed by atoms with Crippen molar-refractivity contribution in [2.45, 2.75) is 46.5 Å². The number of hydrogen-bond acceptors (Lipinski definition) is 2. The first-order valence-electron chi connectivity index (χ1n) is 7.57. The van der Waals surface area contributed by atoms with E-state index in [1.165, 1.54) is 24.8 Å². The number of ether oxygens (including phenoxy) is 1. The molecule has 0 amide bonds. The molecule has 1 aromatic rings. The van der Waals surface area contributed by atoms with Crippen molar-refractivity contribution in [3.63, 3.8) is 0 Å². The molecule has 0 heterocycles. The van der Waals surface area contributed by atoms with Crippen LogP contribution in [-0.2, 0) is 6.42 Å². The van der Waals surface area contributed by atoms with Gasteiger partial charge in [0.2, 0.25) is 0 Å². The van der Waals surface area contributed by atoms with Crippen molar-refractivity contribution in [3.8, 4) is 5.75 Å². The van der Waals surface area contributed by atoms with E-state index in [9.17, 15) is 0 Å². The van der Waals surface area contributed by atoms with Crippen LogP contribution < -0.4 is 10.1 Å². The van der Waals surface area contributed by atoms with Gasteiger partial charge in [-0.25, -0.2) is 0 Å². The van der Waals surface area contributed by atoms with E-state index in [-0.39, 0.29) is 5.41 Å². The normalized spacial score (nSPS) is 14.1. The number of halogens is 1. The third-order valence-corrected chi connectivity index (χ3v) is 4.19. The van der Waals surface area contributed by atoms with Crippen molar-refractivity contribution < 1.29 is 4.74 Å². The first kappa shape index (κ1) is 17.5. The first-order chi connectivity index (χ1) is 9.54. The fraction of sp³-hybridized carbons (Fsp3) is 0.647. The molecule has 0 spiro atoms. The zero-order chi connectivity index (χ0) is 15.0. The highest BCUT2D eigenvalue weighted by Gasteiger charge is 2.25. The van der Waals surface area contributed by atoms with Crippen LogP contribution in [0.5, 0.6) is 5.75 Å². The second kappa shape index (κ2) is 8.68. The minimum absolute atomic E-state index is 0.276. The summed E-state index contributed by atoms with van der Waals surface area (Å²) in [6, 6.07) is 6.27. The molecule has 2 nitrogen and oxygen atoms in total. The Labute approximate surface area is 132 Å². The number of benzene rings is 1. The number of rotatable bonds is 9. The van der Waals surface area contributed by atoms with Gasteiger partial charge in [-0.05, 0) is 55.0 Å². The van der Waals surface area contributed by atoms with Gasteiger partial charge in [0, 0.05) is 11.0 Å². The van der Waals surface area contributed by atoms with Crippen LogP contribution >= 0.6 is 15.9 Å². The molecule has 3 heteroatoms. The van der Waals surface area contributed by atoms with Crippen molar-refractivity contribution in [2.75, 3.05) is 20.2 Å². The molecule has 0 aromatic heterocycles. The number of methoxy groups -OCH3 is 1. The smallest absolute Gasteiger partial charge is 0.122 e. The lowest BCUT2D eigenvalue weighted by Crippen LogP contribution is -2.34. The van der Waals surface area contributed by atoms with E-state index in [1.54, 1.807) is 7.11 Å². The van der Waals surface area contributed by atoms with Gasteiger partial charge in [-0.3, -0.25) is 0 Å². The monoisotopic (exact) mass is 341 g/mol. The van der Waals surface area contributed by atoms with Crippen LogP contribution in [0.1, 0.15) is 45.6 Å². The van der Waals surface area contributed by atoms with Crippen molar-refractivity contribution in [3.05, 3.63) is 28.2 Å². The molecular formula is C17H28BrNO. The Morgan fingerprint density at radius 1 is 1.25 bits per heavy atom. The van der Waals surface area contributed by atoms with Gasteiger partial charge in [0.05, 0.1) is 7.11 Å². The Hall–Kier alpha value is -0.540. The lowest BCUT2D eigenvalue weighted by atomic mass is 9.79. The van der Waals surface area contributed by atoms with E-state index < -0.39 is 0 Å². The Balaban J connectivity index is 2.85. The second-order valence-electron chi connectivity index (χ2n) is 5.87. The Morgan fingerprint density at radius 2 is 2.00 bits per heavy atom. The quantitative estimate of drug-likeness (QED) is 0.651. The average Bonchev–Trinajstić information content (AvgIpc) is 2.39. The fourth-order valence-electron chi connectivity index (χ4n) is 2.75. The molecule has 0 bridgehead atoms. The molecule has 1 atom stereocenters.